The molecule has 1 aliphatic carbocycles. The molecular weight excluding hydrogens is 268 g/mol. The number of rotatable bonds is 4. The van der Waals surface area contributed by atoms with Crippen molar-refractivity contribution < 1.29 is 19.0 Å². The molecule has 0 aromatic heterocycles. The number of aliphatic hydroxyl groups is 2. The van der Waals surface area contributed by atoms with E-state index in [0.29, 0.717) is 6.61 Å². The summed E-state index contributed by atoms with van der Waals surface area (Å²) in [6.45, 7) is 5.03. The van der Waals surface area contributed by atoms with Crippen LogP contribution in [0.1, 0.15) is 37.8 Å². The molecule has 1 saturated carbocycles. The van der Waals surface area contributed by atoms with Gasteiger partial charge in [-0.1, -0.05) is 26.0 Å². The molecule has 0 radical (unpaired) electrons. The molecule has 0 amide bonds. The lowest BCUT2D eigenvalue weighted by Crippen LogP contribution is -2.37. The molecule has 3 rings (SSSR count). The van der Waals surface area contributed by atoms with E-state index in [2.05, 4.69) is 24.7 Å². The molecule has 114 valence electrons. The zero-order valence-corrected chi connectivity index (χ0v) is 13.1. The van der Waals surface area contributed by atoms with E-state index in [-0.39, 0.29) is 17.5 Å². The Labute approximate surface area is 125 Å². The summed E-state index contributed by atoms with van der Waals surface area (Å²) in [5.41, 5.74) is 1.70. The Morgan fingerprint density at radius 1 is 1.43 bits per heavy atom. The number of hydrogen-bond donors (Lipinski definition) is 0. The van der Waals surface area contributed by atoms with Crippen LogP contribution in [0.2, 0.25) is 0 Å². The zero-order chi connectivity index (χ0) is 15.3. The summed E-state index contributed by atoms with van der Waals surface area (Å²) in [5, 5.41) is 0. The fourth-order valence-corrected chi connectivity index (χ4v) is 3.27. The quantitative estimate of drug-likeness (QED) is 0.630. The second-order valence-corrected chi connectivity index (χ2v) is 6.61. The third kappa shape index (κ3) is 2.04. The van der Waals surface area contributed by atoms with Crippen molar-refractivity contribution in [3.05, 3.63) is 29.3 Å². The van der Waals surface area contributed by atoms with Gasteiger partial charge in [0.1, 0.15) is 12.9 Å². The zero-order valence-electron chi connectivity index (χ0n) is 13.1. The van der Waals surface area contributed by atoms with Gasteiger partial charge in [0.15, 0.2) is 12.7 Å². The van der Waals surface area contributed by atoms with Crippen LogP contribution >= 0.6 is 0 Å². The van der Waals surface area contributed by atoms with Crippen LogP contribution in [0.3, 0.4) is 0 Å². The summed E-state index contributed by atoms with van der Waals surface area (Å²) >= 11 is 0. The van der Waals surface area contributed by atoms with Crippen LogP contribution in [0.25, 0.3) is 0 Å². The van der Waals surface area contributed by atoms with E-state index in [9.17, 15) is 4.79 Å². The highest BCUT2D eigenvalue weighted by Gasteiger charge is 2.53. The number of hydrogen-bond acceptors (Lipinski definition) is 3. The highest BCUT2D eigenvalue weighted by atomic mass is 16.5. The van der Waals surface area contributed by atoms with Crippen LogP contribution in [-0.4, -0.2) is 37.6 Å². The molecule has 1 aromatic rings. The lowest BCUT2D eigenvalue weighted by atomic mass is 9.79. The number of carbonyl (C=O) groups excluding carboxylic acids is 1. The average Bonchev–Trinajstić information content (AvgIpc) is 3.23. The summed E-state index contributed by atoms with van der Waals surface area (Å²) in [5.74, 6) is 0.789. The number of ether oxygens (including phenoxy) is 3. The Kier molecular flexibility index (Phi) is 3.24. The van der Waals surface area contributed by atoms with Crippen LogP contribution < -0.4 is 4.74 Å². The van der Waals surface area contributed by atoms with Crippen LogP contribution in [0, 0.1) is 0 Å². The molecule has 1 aromatic carbocycles. The molecule has 2 aliphatic rings. The standard InChI is InChI=1S/C17H22O4/c1-16(2)12-9-11(17(7-8-17)15(18)20-4)5-6-13(12)21-14(16)10-19-3/h5-6,9,14H,7-8,10H2,1-4H3/p+1. The van der Waals surface area contributed by atoms with Crippen molar-refractivity contribution in [2.45, 2.75) is 43.6 Å². The molecule has 4 nitrogen and oxygen atoms in total. The Morgan fingerprint density at radius 3 is 2.71 bits per heavy atom. The van der Waals surface area contributed by atoms with E-state index in [1.165, 1.54) is 12.7 Å². The maximum Gasteiger partial charge on any atom is 0.316 e. The largest absolute Gasteiger partial charge is 0.481 e. The Morgan fingerprint density at radius 2 is 2.14 bits per heavy atom. The van der Waals surface area contributed by atoms with E-state index in [4.69, 9.17) is 9.47 Å². The maximum absolute atomic E-state index is 12.1. The van der Waals surface area contributed by atoms with Gasteiger partial charge in [-0.15, -0.1) is 0 Å². The predicted molar refractivity (Wildman–Crippen MR) is 79.8 cm³/mol. The van der Waals surface area contributed by atoms with Crippen molar-refractivity contribution >= 4 is 5.97 Å². The van der Waals surface area contributed by atoms with Crippen molar-refractivity contribution in [2.24, 2.45) is 0 Å². The fraction of sp³-hybridized carbons (Fsp3) is 0.588. The molecule has 1 aliphatic heterocycles. The van der Waals surface area contributed by atoms with Gasteiger partial charge < -0.3 is 14.2 Å². The van der Waals surface area contributed by atoms with Gasteiger partial charge in [0, 0.05) is 11.0 Å². The van der Waals surface area contributed by atoms with Crippen LogP contribution in [-0.2, 0) is 20.4 Å². The summed E-state index contributed by atoms with van der Waals surface area (Å²) in [7, 11) is 3.27. The normalized spacial score (nSPS) is 24.1. The van der Waals surface area contributed by atoms with E-state index in [1.807, 2.05) is 19.2 Å². The van der Waals surface area contributed by atoms with Gasteiger partial charge in [-0.25, -0.2) is 0 Å². The molecule has 1 heterocycles. The number of esters is 1. The van der Waals surface area contributed by atoms with Gasteiger partial charge in [0.05, 0.1) is 12.5 Å². The number of fused-ring (bicyclic) bond motifs is 1. The highest BCUT2D eigenvalue weighted by Crippen LogP contribution is 2.52. The first-order valence-corrected chi connectivity index (χ1v) is 7.41. The van der Waals surface area contributed by atoms with Crippen molar-refractivity contribution in [3.63, 3.8) is 0 Å². The van der Waals surface area contributed by atoms with E-state index in [1.54, 1.807) is 0 Å². The second kappa shape index (κ2) is 4.73. The third-order valence-corrected chi connectivity index (χ3v) is 4.98. The highest BCUT2D eigenvalue weighted by molar-refractivity contribution is 5.86. The smallest absolute Gasteiger partial charge is 0.316 e. The minimum atomic E-state index is -0.424. The first-order valence-electron chi connectivity index (χ1n) is 7.41. The average molecular weight is 291 g/mol. The molecule has 1 unspecified atom stereocenters. The molecule has 1 N–H and O–H groups in total. The monoisotopic (exact) mass is 291 g/mol. The first kappa shape index (κ1) is 14.4. The van der Waals surface area contributed by atoms with Crippen molar-refractivity contribution in [1.82, 2.24) is 0 Å². The maximum atomic E-state index is 12.1. The van der Waals surface area contributed by atoms with Crippen molar-refractivity contribution in [3.8, 4) is 5.75 Å². The second-order valence-electron chi connectivity index (χ2n) is 6.61. The fourth-order valence-electron chi connectivity index (χ4n) is 3.27. The Balaban J connectivity index is 1.98. The van der Waals surface area contributed by atoms with Crippen molar-refractivity contribution in [1.29, 1.82) is 0 Å². The van der Waals surface area contributed by atoms with Gasteiger partial charge in [-0.2, -0.15) is 0 Å². The number of benzene rings is 1. The summed E-state index contributed by atoms with van der Waals surface area (Å²) in [6.07, 6.45) is 1.79. The summed E-state index contributed by atoms with van der Waals surface area (Å²) in [4.78, 5) is 12.1. The molecule has 0 bridgehead atoms. The van der Waals surface area contributed by atoms with Crippen LogP contribution in [0.5, 0.6) is 5.75 Å². The lowest BCUT2D eigenvalue weighted by molar-refractivity contribution is -0.143. The third-order valence-electron chi connectivity index (χ3n) is 4.98. The topological polar surface area (TPSA) is 48.3 Å². The lowest BCUT2D eigenvalue weighted by Gasteiger charge is -2.24. The number of carbonyl (C=O) groups is 1. The minimum Gasteiger partial charge on any atom is -0.481 e. The molecular formula is C17H23O4+. The summed E-state index contributed by atoms with van der Waals surface area (Å²) in [6, 6.07) is 6.13. The number of methoxy groups -OCH3 is 1. The Bertz CT molecular complexity index is 572. The van der Waals surface area contributed by atoms with Gasteiger partial charge in [-0.3, -0.25) is 4.79 Å². The molecule has 4 heteroatoms. The first-order chi connectivity index (χ1) is 9.95. The van der Waals surface area contributed by atoms with Gasteiger partial charge in [0.25, 0.3) is 0 Å². The Hall–Kier alpha value is -1.55. The SMILES string of the molecule is COC(=O)C1(c2ccc3c(c2)C(C)(C)C(C[OH+]C)O3)CC1. The van der Waals surface area contributed by atoms with E-state index in [0.717, 1.165) is 24.2 Å². The predicted octanol–water partition coefficient (Wildman–Crippen LogP) is 2.09. The van der Waals surface area contributed by atoms with Crippen molar-refractivity contribution in [2.75, 3.05) is 20.8 Å². The van der Waals surface area contributed by atoms with Crippen LogP contribution in [0.4, 0.5) is 0 Å². The molecule has 1 atom stereocenters. The summed E-state index contributed by atoms with van der Waals surface area (Å²) < 4.78 is 15.2. The van der Waals surface area contributed by atoms with E-state index < -0.39 is 5.41 Å². The van der Waals surface area contributed by atoms with Gasteiger partial charge in [-0.05, 0) is 24.5 Å². The van der Waals surface area contributed by atoms with Gasteiger partial charge >= 0.3 is 5.97 Å². The molecule has 0 spiro atoms. The molecule has 0 saturated heterocycles. The minimum absolute atomic E-state index is 0.0565. The molecule has 21 heavy (non-hydrogen) atoms. The van der Waals surface area contributed by atoms with E-state index >= 15 is 0 Å². The van der Waals surface area contributed by atoms with Gasteiger partial charge in [0.2, 0.25) is 0 Å². The van der Waals surface area contributed by atoms with Crippen LogP contribution in [0.15, 0.2) is 18.2 Å². The molecule has 1 fully saturated rings.